The highest BCUT2D eigenvalue weighted by molar-refractivity contribution is 6.40. The summed E-state index contributed by atoms with van der Waals surface area (Å²) in [4.78, 5) is 21.9. The molecule has 1 aromatic rings. The molecule has 1 aliphatic heterocycles. The van der Waals surface area contributed by atoms with Crippen LogP contribution in [0.25, 0.3) is 0 Å². The van der Waals surface area contributed by atoms with Crippen molar-refractivity contribution in [3.05, 3.63) is 17.4 Å². The van der Waals surface area contributed by atoms with Gasteiger partial charge in [-0.15, -0.1) is 0 Å². The molecular formula is C10H7FO6. The predicted octanol–water partition coefficient (Wildman–Crippen LogP) is 0.570. The van der Waals surface area contributed by atoms with E-state index in [1.54, 1.807) is 0 Å². The van der Waals surface area contributed by atoms with Crippen molar-refractivity contribution in [2.75, 3.05) is 13.2 Å². The summed E-state index contributed by atoms with van der Waals surface area (Å²) in [6.07, 6.45) is 0. The number of carboxylic acid groups (broad SMARTS) is 1. The third kappa shape index (κ3) is 1.75. The molecule has 0 saturated carbocycles. The minimum Gasteiger partial charge on any atom is -0.505 e. The van der Waals surface area contributed by atoms with Crippen LogP contribution in [0.3, 0.4) is 0 Å². The molecule has 6 nitrogen and oxygen atoms in total. The van der Waals surface area contributed by atoms with E-state index in [0.717, 1.165) is 6.07 Å². The van der Waals surface area contributed by atoms with Crippen molar-refractivity contribution in [2.45, 2.75) is 0 Å². The second-order valence-corrected chi connectivity index (χ2v) is 3.24. The molecule has 7 heteroatoms. The molecule has 0 spiro atoms. The van der Waals surface area contributed by atoms with Crippen LogP contribution in [0, 0.1) is 5.82 Å². The molecule has 1 heterocycles. The summed E-state index contributed by atoms with van der Waals surface area (Å²) in [5.74, 6) is -5.88. The van der Waals surface area contributed by atoms with E-state index in [9.17, 15) is 19.1 Å². The van der Waals surface area contributed by atoms with E-state index in [0.29, 0.717) is 0 Å². The van der Waals surface area contributed by atoms with Gasteiger partial charge in [0, 0.05) is 6.07 Å². The van der Waals surface area contributed by atoms with Gasteiger partial charge in [-0.2, -0.15) is 0 Å². The lowest BCUT2D eigenvalue weighted by Gasteiger charge is -2.20. The van der Waals surface area contributed by atoms with Crippen molar-refractivity contribution < 1.29 is 33.7 Å². The number of aromatic hydroxyl groups is 1. The van der Waals surface area contributed by atoms with Gasteiger partial charge in [0.05, 0.1) is 0 Å². The number of hydrogen-bond acceptors (Lipinski definition) is 5. The topological polar surface area (TPSA) is 93.1 Å². The Hall–Kier alpha value is -2.31. The number of ether oxygens (including phenoxy) is 2. The SMILES string of the molecule is O=C(O)C(=O)c1c(F)c(O)cc2c1OCCO2. The molecule has 1 aliphatic rings. The van der Waals surface area contributed by atoms with Gasteiger partial charge in [0.25, 0.3) is 5.78 Å². The van der Waals surface area contributed by atoms with Gasteiger partial charge in [0.1, 0.15) is 18.8 Å². The van der Waals surface area contributed by atoms with E-state index in [-0.39, 0.29) is 24.7 Å². The van der Waals surface area contributed by atoms with Crippen molar-refractivity contribution in [1.29, 1.82) is 0 Å². The smallest absolute Gasteiger partial charge is 0.377 e. The van der Waals surface area contributed by atoms with Crippen molar-refractivity contribution >= 4 is 11.8 Å². The highest BCUT2D eigenvalue weighted by Gasteiger charge is 2.31. The number of phenols is 1. The molecule has 0 atom stereocenters. The van der Waals surface area contributed by atoms with Crippen LogP contribution in [0.2, 0.25) is 0 Å². The van der Waals surface area contributed by atoms with Crippen molar-refractivity contribution in [3.63, 3.8) is 0 Å². The zero-order valence-electron chi connectivity index (χ0n) is 8.40. The fourth-order valence-corrected chi connectivity index (χ4v) is 1.46. The third-order valence-corrected chi connectivity index (χ3v) is 2.17. The Morgan fingerprint density at radius 1 is 1.29 bits per heavy atom. The van der Waals surface area contributed by atoms with Crippen LogP contribution in [0.5, 0.6) is 17.2 Å². The molecule has 0 fully saturated rings. The number of rotatable bonds is 2. The third-order valence-electron chi connectivity index (χ3n) is 2.17. The normalized spacial score (nSPS) is 13.2. The van der Waals surface area contributed by atoms with Crippen molar-refractivity contribution in [2.24, 2.45) is 0 Å². The van der Waals surface area contributed by atoms with E-state index in [2.05, 4.69) is 0 Å². The van der Waals surface area contributed by atoms with Crippen molar-refractivity contribution in [1.82, 2.24) is 0 Å². The van der Waals surface area contributed by atoms with Gasteiger partial charge in [0.2, 0.25) is 0 Å². The summed E-state index contributed by atoms with van der Waals surface area (Å²) in [5, 5.41) is 17.8. The number of aliphatic carboxylic acids is 1. The Morgan fingerprint density at radius 3 is 2.59 bits per heavy atom. The molecule has 17 heavy (non-hydrogen) atoms. The average molecular weight is 242 g/mol. The first-order valence-corrected chi connectivity index (χ1v) is 4.61. The second-order valence-electron chi connectivity index (χ2n) is 3.24. The Morgan fingerprint density at radius 2 is 1.94 bits per heavy atom. The minimum atomic E-state index is -1.84. The van der Waals surface area contributed by atoms with E-state index in [1.807, 2.05) is 0 Å². The first kappa shape index (κ1) is 11.2. The molecule has 90 valence electrons. The number of carbonyl (C=O) groups excluding carboxylic acids is 1. The maximum atomic E-state index is 13.5. The zero-order valence-corrected chi connectivity index (χ0v) is 8.40. The second kappa shape index (κ2) is 3.93. The lowest BCUT2D eigenvalue weighted by Crippen LogP contribution is -2.21. The zero-order chi connectivity index (χ0) is 12.6. The fourth-order valence-electron chi connectivity index (χ4n) is 1.46. The van der Waals surface area contributed by atoms with Gasteiger partial charge < -0.3 is 19.7 Å². The van der Waals surface area contributed by atoms with Crippen LogP contribution in [0.15, 0.2) is 6.07 Å². The summed E-state index contributed by atoms with van der Waals surface area (Å²) in [5.41, 5.74) is -0.827. The van der Waals surface area contributed by atoms with Gasteiger partial charge >= 0.3 is 5.97 Å². The van der Waals surface area contributed by atoms with Crippen LogP contribution in [-0.4, -0.2) is 35.2 Å². The number of Topliss-reactive ketones (excluding diaryl/α,β-unsaturated/α-hetero) is 1. The Kier molecular flexibility index (Phi) is 2.58. The summed E-state index contributed by atoms with van der Waals surface area (Å²) < 4.78 is 23.6. The standard InChI is InChI=1S/C10H7FO6/c11-7-4(12)3-5-9(17-2-1-16-5)6(7)8(13)10(14)15/h3,12H,1-2H2,(H,14,15). The molecule has 1 aromatic carbocycles. The maximum Gasteiger partial charge on any atom is 0.377 e. The Balaban J connectivity index is 2.66. The molecular weight excluding hydrogens is 235 g/mol. The number of hydrogen-bond donors (Lipinski definition) is 2. The summed E-state index contributed by atoms with van der Waals surface area (Å²) in [6, 6.07) is 0.933. The number of carbonyl (C=O) groups is 2. The summed E-state index contributed by atoms with van der Waals surface area (Å²) in [6.45, 7) is 0.232. The van der Waals surface area contributed by atoms with Gasteiger partial charge in [-0.3, -0.25) is 4.79 Å². The van der Waals surface area contributed by atoms with Gasteiger partial charge in [0.15, 0.2) is 23.1 Å². The maximum absolute atomic E-state index is 13.5. The molecule has 0 bridgehead atoms. The largest absolute Gasteiger partial charge is 0.505 e. The number of carboxylic acids is 1. The molecule has 0 aromatic heterocycles. The molecule has 0 amide bonds. The molecule has 0 unspecified atom stereocenters. The molecule has 0 aliphatic carbocycles. The molecule has 2 rings (SSSR count). The number of fused-ring (bicyclic) bond motifs is 1. The van der Waals surface area contributed by atoms with Crippen LogP contribution in [0.1, 0.15) is 10.4 Å². The first-order valence-electron chi connectivity index (χ1n) is 4.61. The average Bonchev–Trinajstić information content (AvgIpc) is 2.30. The van der Waals surface area contributed by atoms with E-state index >= 15 is 0 Å². The van der Waals surface area contributed by atoms with Gasteiger partial charge in [-0.1, -0.05) is 0 Å². The first-order chi connectivity index (χ1) is 8.02. The number of benzene rings is 1. The minimum absolute atomic E-state index is 0.0558. The van der Waals surface area contributed by atoms with Crippen LogP contribution < -0.4 is 9.47 Å². The van der Waals surface area contributed by atoms with E-state index < -0.39 is 28.9 Å². The molecule has 0 radical (unpaired) electrons. The van der Waals surface area contributed by atoms with Gasteiger partial charge in [-0.05, 0) is 0 Å². The van der Waals surface area contributed by atoms with Gasteiger partial charge in [-0.25, -0.2) is 9.18 Å². The quantitative estimate of drug-likeness (QED) is 0.581. The monoisotopic (exact) mass is 242 g/mol. The number of phenolic OH excluding ortho intramolecular Hbond substituents is 1. The van der Waals surface area contributed by atoms with E-state index in [4.69, 9.17) is 14.6 Å². The lowest BCUT2D eigenvalue weighted by molar-refractivity contribution is -0.131. The van der Waals surface area contributed by atoms with Crippen molar-refractivity contribution in [3.8, 4) is 17.2 Å². The summed E-state index contributed by atoms with van der Waals surface area (Å²) >= 11 is 0. The van der Waals surface area contributed by atoms with Crippen LogP contribution >= 0.6 is 0 Å². The fraction of sp³-hybridized carbons (Fsp3) is 0.200. The highest BCUT2D eigenvalue weighted by Crippen LogP contribution is 2.40. The van der Waals surface area contributed by atoms with Crippen LogP contribution in [0.4, 0.5) is 4.39 Å². The Bertz CT molecular complexity index is 510. The number of ketones is 1. The highest BCUT2D eigenvalue weighted by atomic mass is 19.1. The molecule has 2 N–H and O–H groups in total. The van der Waals surface area contributed by atoms with Crippen LogP contribution in [-0.2, 0) is 4.79 Å². The molecule has 0 saturated heterocycles. The Labute approximate surface area is 94.2 Å². The summed E-state index contributed by atoms with van der Waals surface area (Å²) in [7, 11) is 0. The van der Waals surface area contributed by atoms with E-state index in [1.165, 1.54) is 0 Å². The predicted molar refractivity (Wildman–Crippen MR) is 51.0 cm³/mol. The number of halogens is 1. The lowest BCUT2D eigenvalue weighted by atomic mass is 10.1.